The van der Waals surface area contributed by atoms with Gasteiger partial charge in [-0.25, -0.2) is 4.79 Å². The van der Waals surface area contributed by atoms with Crippen LogP contribution in [-0.4, -0.2) is 40.0 Å². The molecule has 0 amide bonds. The summed E-state index contributed by atoms with van der Waals surface area (Å²) in [5.74, 6) is -0.960. The van der Waals surface area contributed by atoms with Crippen LogP contribution in [0.2, 0.25) is 0 Å². The Morgan fingerprint density at radius 2 is 1.95 bits per heavy atom. The van der Waals surface area contributed by atoms with Gasteiger partial charge in [-0.05, 0) is 23.9 Å². The summed E-state index contributed by atoms with van der Waals surface area (Å²) >= 11 is 1.23. The van der Waals surface area contributed by atoms with Crippen LogP contribution in [0.5, 0.6) is 0 Å². The molecule has 20 heavy (non-hydrogen) atoms. The number of carbonyl (C=O) groups is 1. The monoisotopic (exact) mass is 295 g/mol. The molecule has 0 unspecified atom stereocenters. The highest BCUT2D eigenvalue weighted by molar-refractivity contribution is 7.21. The Kier molecular flexibility index (Phi) is 4.39. The van der Waals surface area contributed by atoms with E-state index in [0.717, 1.165) is 10.1 Å². The van der Waals surface area contributed by atoms with Gasteiger partial charge in [-0.15, -0.1) is 11.3 Å². The molecule has 0 saturated heterocycles. The summed E-state index contributed by atoms with van der Waals surface area (Å²) in [5, 5.41) is 31.8. The van der Waals surface area contributed by atoms with Crippen LogP contribution in [-0.2, 0) is 6.54 Å². The van der Waals surface area contributed by atoms with Gasteiger partial charge in [-0.2, -0.15) is 0 Å². The van der Waals surface area contributed by atoms with Crippen LogP contribution in [0.1, 0.15) is 22.2 Å². The largest absolute Gasteiger partial charge is 0.477 e. The van der Waals surface area contributed by atoms with Crippen molar-refractivity contribution in [3.8, 4) is 0 Å². The molecule has 0 atom stereocenters. The summed E-state index contributed by atoms with van der Waals surface area (Å²) in [4.78, 5) is 11.6. The molecule has 108 valence electrons. The van der Waals surface area contributed by atoms with Gasteiger partial charge in [0.15, 0.2) is 0 Å². The zero-order chi connectivity index (χ0) is 14.8. The van der Waals surface area contributed by atoms with Crippen molar-refractivity contribution >= 4 is 27.4 Å². The third kappa shape index (κ3) is 2.83. The molecule has 1 heterocycles. The van der Waals surface area contributed by atoms with Crippen molar-refractivity contribution in [2.75, 3.05) is 13.2 Å². The van der Waals surface area contributed by atoms with E-state index in [1.807, 2.05) is 24.3 Å². The number of carboxylic acids is 1. The standard InChI is InChI=1S/C14H17NO4S/c1-14(7-16,8-17)15-6-10-9-4-2-3-5-11(9)20-12(10)13(18)19/h2-5,15-17H,6-8H2,1H3,(H,18,19). The first-order valence-electron chi connectivity index (χ1n) is 6.21. The summed E-state index contributed by atoms with van der Waals surface area (Å²) in [6.45, 7) is 1.51. The molecule has 0 aliphatic rings. The molecule has 2 rings (SSSR count). The van der Waals surface area contributed by atoms with Crippen LogP contribution >= 0.6 is 11.3 Å². The van der Waals surface area contributed by atoms with Gasteiger partial charge in [0.2, 0.25) is 0 Å². The first-order valence-corrected chi connectivity index (χ1v) is 7.03. The Labute approximate surface area is 120 Å². The average molecular weight is 295 g/mol. The zero-order valence-electron chi connectivity index (χ0n) is 11.1. The predicted molar refractivity (Wildman–Crippen MR) is 78.2 cm³/mol. The summed E-state index contributed by atoms with van der Waals surface area (Å²) in [6, 6.07) is 7.49. The first kappa shape index (κ1) is 14.9. The number of fused-ring (bicyclic) bond motifs is 1. The smallest absolute Gasteiger partial charge is 0.346 e. The number of carboxylic acid groups (broad SMARTS) is 1. The minimum atomic E-state index is -0.960. The third-order valence-corrected chi connectivity index (χ3v) is 4.48. The second-order valence-corrected chi connectivity index (χ2v) is 5.99. The van der Waals surface area contributed by atoms with E-state index in [2.05, 4.69) is 5.32 Å². The number of hydrogen-bond donors (Lipinski definition) is 4. The Hall–Kier alpha value is -1.47. The molecule has 6 heteroatoms. The molecule has 1 aromatic heterocycles. The summed E-state index contributed by atoms with van der Waals surface area (Å²) < 4.78 is 0.913. The Morgan fingerprint density at radius 3 is 2.55 bits per heavy atom. The van der Waals surface area contributed by atoms with Gasteiger partial charge in [0, 0.05) is 11.2 Å². The van der Waals surface area contributed by atoms with Crippen molar-refractivity contribution in [3.05, 3.63) is 34.7 Å². The van der Waals surface area contributed by atoms with Gasteiger partial charge in [0.05, 0.1) is 18.8 Å². The van der Waals surface area contributed by atoms with Gasteiger partial charge in [-0.1, -0.05) is 18.2 Å². The molecule has 4 N–H and O–H groups in total. The van der Waals surface area contributed by atoms with Gasteiger partial charge >= 0.3 is 5.97 Å². The van der Waals surface area contributed by atoms with Crippen molar-refractivity contribution in [2.24, 2.45) is 0 Å². The Morgan fingerprint density at radius 1 is 1.30 bits per heavy atom. The number of aliphatic hydroxyl groups is 2. The fraction of sp³-hybridized carbons (Fsp3) is 0.357. The molecule has 2 aromatic rings. The van der Waals surface area contributed by atoms with Crippen molar-refractivity contribution < 1.29 is 20.1 Å². The number of thiophene rings is 1. The molecule has 0 bridgehead atoms. The van der Waals surface area contributed by atoms with Crippen molar-refractivity contribution in [2.45, 2.75) is 19.0 Å². The molecular formula is C14H17NO4S. The van der Waals surface area contributed by atoms with Crippen LogP contribution in [0.25, 0.3) is 10.1 Å². The number of aliphatic hydroxyl groups excluding tert-OH is 2. The van der Waals surface area contributed by atoms with Gasteiger partial charge in [0.25, 0.3) is 0 Å². The minimum Gasteiger partial charge on any atom is -0.477 e. The molecule has 0 aliphatic carbocycles. The van der Waals surface area contributed by atoms with E-state index < -0.39 is 11.5 Å². The molecule has 0 radical (unpaired) electrons. The van der Waals surface area contributed by atoms with Gasteiger partial charge < -0.3 is 20.6 Å². The van der Waals surface area contributed by atoms with E-state index >= 15 is 0 Å². The number of nitrogens with one attached hydrogen (secondary N) is 1. The van der Waals surface area contributed by atoms with Gasteiger partial charge in [0.1, 0.15) is 4.88 Å². The summed E-state index contributed by atoms with van der Waals surface area (Å²) in [7, 11) is 0. The maximum atomic E-state index is 11.3. The maximum absolute atomic E-state index is 11.3. The fourth-order valence-corrected chi connectivity index (χ4v) is 2.97. The van der Waals surface area contributed by atoms with E-state index in [1.54, 1.807) is 6.92 Å². The van der Waals surface area contributed by atoms with E-state index in [1.165, 1.54) is 11.3 Å². The maximum Gasteiger partial charge on any atom is 0.346 e. The average Bonchev–Trinajstić information content (AvgIpc) is 2.84. The first-order chi connectivity index (χ1) is 9.50. The Balaban J connectivity index is 2.37. The summed E-state index contributed by atoms with van der Waals surface area (Å²) in [5.41, 5.74) is -0.148. The predicted octanol–water partition coefficient (Wildman–Crippen LogP) is 1.43. The fourth-order valence-electron chi connectivity index (χ4n) is 1.91. The molecule has 1 aromatic carbocycles. The number of aromatic carboxylic acids is 1. The minimum absolute atomic E-state index is 0.228. The lowest BCUT2D eigenvalue weighted by molar-refractivity contribution is 0.0700. The van der Waals surface area contributed by atoms with Crippen LogP contribution in [0.15, 0.2) is 24.3 Å². The van der Waals surface area contributed by atoms with Crippen LogP contribution < -0.4 is 5.32 Å². The van der Waals surface area contributed by atoms with Crippen molar-refractivity contribution in [3.63, 3.8) is 0 Å². The van der Waals surface area contributed by atoms with Crippen LogP contribution in [0, 0.1) is 0 Å². The SMILES string of the molecule is CC(CO)(CO)NCc1c(C(=O)O)sc2ccccc12. The second-order valence-electron chi connectivity index (χ2n) is 4.94. The lowest BCUT2D eigenvalue weighted by Gasteiger charge is -2.26. The topological polar surface area (TPSA) is 89.8 Å². The number of benzene rings is 1. The Bertz CT molecular complexity index is 619. The van der Waals surface area contributed by atoms with E-state index in [-0.39, 0.29) is 24.6 Å². The lowest BCUT2D eigenvalue weighted by atomic mass is 10.0. The second kappa shape index (κ2) is 5.88. The van der Waals surface area contributed by atoms with Crippen LogP contribution in [0.3, 0.4) is 0 Å². The highest BCUT2D eigenvalue weighted by Crippen LogP contribution is 2.31. The highest BCUT2D eigenvalue weighted by Gasteiger charge is 2.24. The number of rotatable bonds is 6. The van der Waals surface area contributed by atoms with Crippen molar-refractivity contribution in [1.82, 2.24) is 5.32 Å². The highest BCUT2D eigenvalue weighted by atomic mass is 32.1. The van der Waals surface area contributed by atoms with Crippen molar-refractivity contribution in [1.29, 1.82) is 0 Å². The molecule has 0 fully saturated rings. The molecular weight excluding hydrogens is 278 g/mol. The van der Waals surface area contributed by atoms with E-state index in [4.69, 9.17) is 0 Å². The van der Waals surface area contributed by atoms with E-state index in [9.17, 15) is 20.1 Å². The normalized spacial score (nSPS) is 11.9. The lowest BCUT2D eigenvalue weighted by Crippen LogP contribution is -2.48. The van der Waals surface area contributed by atoms with Crippen LogP contribution in [0.4, 0.5) is 0 Å². The zero-order valence-corrected chi connectivity index (χ0v) is 11.9. The van der Waals surface area contributed by atoms with E-state index in [0.29, 0.717) is 5.56 Å². The number of hydrogen-bond acceptors (Lipinski definition) is 5. The quantitative estimate of drug-likeness (QED) is 0.647. The molecule has 5 nitrogen and oxygen atoms in total. The molecule has 0 aliphatic heterocycles. The summed E-state index contributed by atoms with van der Waals surface area (Å²) in [6.07, 6.45) is 0. The molecule has 0 saturated carbocycles. The molecule has 0 spiro atoms. The van der Waals surface area contributed by atoms with Gasteiger partial charge in [-0.3, -0.25) is 0 Å². The third-order valence-electron chi connectivity index (χ3n) is 3.28.